The number of carbonyl (C=O) groups is 1. The minimum absolute atomic E-state index is 0.139. The highest BCUT2D eigenvalue weighted by atomic mass is 19.4. The first-order valence-corrected chi connectivity index (χ1v) is 9.36. The van der Waals surface area contributed by atoms with Crippen LogP contribution in [0.1, 0.15) is 16.1 Å². The quantitative estimate of drug-likeness (QED) is 0.471. The van der Waals surface area contributed by atoms with Crippen LogP contribution < -0.4 is 10.1 Å². The Hall–Kier alpha value is -4.22. The molecule has 0 aliphatic carbocycles. The lowest BCUT2D eigenvalue weighted by molar-refractivity contribution is -0.137. The number of hydrogen-bond acceptors (Lipinski definition) is 6. The van der Waals surface area contributed by atoms with Crippen LogP contribution in [0.3, 0.4) is 0 Å². The molecule has 12 heteroatoms. The van der Waals surface area contributed by atoms with Gasteiger partial charge in [-0.2, -0.15) is 18.3 Å². The second-order valence-corrected chi connectivity index (χ2v) is 6.55. The van der Waals surface area contributed by atoms with E-state index in [1.807, 2.05) is 0 Å². The van der Waals surface area contributed by atoms with Crippen LogP contribution in [0.2, 0.25) is 0 Å². The number of aromatic nitrogens is 6. The number of benzene rings is 2. The Labute approximate surface area is 179 Å². The highest BCUT2D eigenvalue weighted by molar-refractivity contribution is 6.02. The molecular formula is C20H16F3N7O2. The number of carbonyl (C=O) groups excluding carboxylic acids is 1. The molecule has 0 atom stereocenters. The van der Waals surface area contributed by atoms with Gasteiger partial charge in [-0.1, -0.05) is 23.4 Å². The Balaban J connectivity index is 1.43. The van der Waals surface area contributed by atoms with E-state index in [4.69, 9.17) is 4.74 Å². The van der Waals surface area contributed by atoms with Gasteiger partial charge in [0.25, 0.3) is 5.91 Å². The molecule has 4 aromatic rings. The van der Waals surface area contributed by atoms with Crippen LogP contribution in [0.4, 0.5) is 18.9 Å². The maximum atomic E-state index is 13.2. The van der Waals surface area contributed by atoms with Gasteiger partial charge in [-0.3, -0.25) is 4.79 Å². The van der Waals surface area contributed by atoms with Gasteiger partial charge in [0.2, 0.25) is 0 Å². The zero-order valence-corrected chi connectivity index (χ0v) is 16.4. The number of amides is 1. The number of anilines is 1. The van der Waals surface area contributed by atoms with Crippen molar-refractivity contribution in [2.24, 2.45) is 0 Å². The van der Waals surface area contributed by atoms with Crippen LogP contribution in [0.15, 0.2) is 67.4 Å². The molecule has 0 saturated heterocycles. The minimum Gasteiger partial charge on any atom is -0.492 e. The van der Waals surface area contributed by atoms with Crippen LogP contribution in [0.25, 0.3) is 5.69 Å². The third-order valence-electron chi connectivity index (χ3n) is 4.33. The van der Waals surface area contributed by atoms with E-state index < -0.39 is 17.6 Å². The summed E-state index contributed by atoms with van der Waals surface area (Å²) in [5.41, 5.74) is -0.820. The highest BCUT2D eigenvalue weighted by Gasteiger charge is 2.34. The Morgan fingerprint density at radius 2 is 1.97 bits per heavy atom. The molecule has 0 unspecified atom stereocenters. The fourth-order valence-corrected chi connectivity index (χ4v) is 2.86. The summed E-state index contributed by atoms with van der Waals surface area (Å²) in [7, 11) is 0. The van der Waals surface area contributed by atoms with Gasteiger partial charge in [-0.25, -0.2) is 14.3 Å². The summed E-state index contributed by atoms with van der Waals surface area (Å²) in [6.45, 7) is 0.840. The topological polar surface area (TPSA) is 99.8 Å². The number of halogens is 3. The maximum Gasteiger partial charge on any atom is 0.418 e. The van der Waals surface area contributed by atoms with Gasteiger partial charge >= 0.3 is 6.18 Å². The summed E-state index contributed by atoms with van der Waals surface area (Å²) in [6, 6.07) is 11.6. The number of ether oxygens (including phenoxy) is 1. The van der Waals surface area contributed by atoms with E-state index in [9.17, 15) is 18.0 Å². The molecule has 32 heavy (non-hydrogen) atoms. The molecule has 0 radical (unpaired) electrons. The molecule has 9 nitrogen and oxygen atoms in total. The summed E-state index contributed by atoms with van der Waals surface area (Å²) in [5.74, 6) is -0.105. The molecular weight excluding hydrogens is 427 g/mol. The van der Waals surface area contributed by atoms with Gasteiger partial charge < -0.3 is 10.1 Å². The summed E-state index contributed by atoms with van der Waals surface area (Å²) in [5, 5.41) is 14.0. The van der Waals surface area contributed by atoms with Gasteiger partial charge in [0, 0.05) is 11.8 Å². The fourth-order valence-electron chi connectivity index (χ4n) is 2.86. The molecule has 1 N–H and O–H groups in total. The van der Waals surface area contributed by atoms with E-state index in [2.05, 4.69) is 25.7 Å². The van der Waals surface area contributed by atoms with E-state index in [0.29, 0.717) is 24.6 Å². The lowest BCUT2D eigenvalue weighted by atomic mass is 10.1. The average Bonchev–Trinajstić information content (AvgIpc) is 3.46. The Morgan fingerprint density at radius 1 is 1.12 bits per heavy atom. The molecule has 0 spiro atoms. The standard InChI is InChI=1S/C20H16F3N7O2/c21-20(22,23)16-6-1-2-7-18(16)30-11-17(27-28-30)19(31)26-14-4-3-5-15(10-14)32-9-8-29-13-24-12-25-29/h1-7,10-13H,8-9H2,(H,26,31). The van der Waals surface area contributed by atoms with Crippen LogP contribution in [0, 0.1) is 0 Å². The fraction of sp³-hybridized carbons (Fsp3) is 0.150. The summed E-state index contributed by atoms with van der Waals surface area (Å²) in [4.78, 5) is 16.4. The van der Waals surface area contributed by atoms with Gasteiger partial charge in [0.1, 0.15) is 25.0 Å². The summed E-state index contributed by atoms with van der Waals surface area (Å²) >= 11 is 0. The van der Waals surface area contributed by atoms with Gasteiger partial charge in [0.05, 0.1) is 24.0 Å². The third kappa shape index (κ3) is 4.91. The Bertz CT molecular complexity index is 1210. The number of alkyl halides is 3. The maximum absolute atomic E-state index is 13.2. The number of para-hydroxylation sites is 1. The molecule has 0 aliphatic heterocycles. The lowest BCUT2D eigenvalue weighted by Crippen LogP contribution is -2.13. The zero-order chi connectivity index (χ0) is 22.6. The molecule has 1 amide bonds. The first-order chi connectivity index (χ1) is 15.4. The molecule has 0 fully saturated rings. The normalized spacial score (nSPS) is 11.3. The molecule has 164 valence electrons. The van der Waals surface area contributed by atoms with Gasteiger partial charge in [0.15, 0.2) is 5.69 Å². The first kappa shape index (κ1) is 21.0. The van der Waals surface area contributed by atoms with E-state index in [1.165, 1.54) is 24.5 Å². The monoisotopic (exact) mass is 443 g/mol. The van der Waals surface area contributed by atoms with Crippen molar-refractivity contribution in [3.05, 3.63) is 78.6 Å². The summed E-state index contributed by atoms with van der Waals surface area (Å²) < 4.78 is 47.9. The van der Waals surface area contributed by atoms with Crippen LogP contribution in [0.5, 0.6) is 5.75 Å². The number of rotatable bonds is 7. The highest BCUT2D eigenvalue weighted by Crippen LogP contribution is 2.33. The molecule has 2 heterocycles. The van der Waals surface area contributed by atoms with Crippen molar-refractivity contribution in [1.82, 2.24) is 29.8 Å². The second-order valence-electron chi connectivity index (χ2n) is 6.55. The molecule has 2 aromatic carbocycles. The summed E-state index contributed by atoms with van der Waals surface area (Å²) in [6.07, 6.45) is -0.438. The first-order valence-electron chi connectivity index (χ1n) is 9.36. The minimum atomic E-state index is -4.57. The van der Waals surface area contributed by atoms with Crippen LogP contribution >= 0.6 is 0 Å². The zero-order valence-electron chi connectivity index (χ0n) is 16.4. The van der Waals surface area contributed by atoms with Crippen molar-refractivity contribution in [1.29, 1.82) is 0 Å². The van der Waals surface area contributed by atoms with Crippen LogP contribution in [-0.4, -0.2) is 42.3 Å². The molecule has 0 aliphatic rings. The largest absolute Gasteiger partial charge is 0.492 e. The van der Waals surface area contributed by atoms with E-state index >= 15 is 0 Å². The van der Waals surface area contributed by atoms with Crippen molar-refractivity contribution in [3.8, 4) is 11.4 Å². The number of hydrogen-bond donors (Lipinski definition) is 1. The number of nitrogens with one attached hydrogen (secondary N) is 1. The van der Waals surface area contributed by atoms with Crippen molar-refractivity contribution >= 4 is 11.6 Å². The van der Waals surface area contributed by atoms with Crippen LogP contribution in [-0.2, 0) is 12.7 Å². The Morgan fingerprint density at radius 3 is 2.75 bits per heavy atom. The van der Waals surface area contributed by atoms with Crippen molar-refractivity contribution in [3.63, 3.8) is 0 Å². The van der Waals surface area contributed by atoms with Crippen molar-refractivity contribution in [2.45, 2.75) is 12.7 Å². The molecule has 4 rings (SSSR count). The Kier molecular flexibility index (Phi) is 5.83. The average molecular weight is 443 g/mol. The predicted octanol–water partition coefficient (Wildman–Crippen LogP) is 3.21. The van der Waals surface area contributed by atoms with Crippen molar-refractivity contribution < 1.29 is 22.7 Å². The van der Waals surface area contributed by atoms with Crippen molar-refractivity contribution in [2.75, 3.05) is 11.9 Å². The molecule has 0 bridgehead atoms. The van der Waals surface area contributed by atoms with E-state index in [1.54, 1.807) is 35.3 Å². The molecule has 0 saturated carbocycles. The van der Waals surface area contributed by atoms with Gasteiger partial charge in [-0.15, -0.1) is 5.10 Å². The lowest BCUT2D eigenvalue weighted by Gasteiger charge is -2.11. The molecule has 2 aromatic heterocycles. The van der Waals surface area contributed by atoms with E-state index in [-0.39, 0.29) is 11.4 Å². The van der Waals surface area contributed by atoms with Gasteiger partial charge in [-0.05, 0) is 24.3 Å². The second kappa shape index (κ2) is 8.88. The SMILES string of the molecule is O=C(Nc1cccc(OCCn2cncn2)c1)c1cn(-c2ccccc2C(F)(F)F)nn1. The smallest absolute Gasteiger partial charge is 0.418 e. The van der Waals surface area contributed by atoms with E-state index in [0.717, 1.165) is 16.9 Å². The third-order valence-corrected chi connectivity index (χ3v) is 4.33. The number of nitrogens with zero attached hydrogens (tertiary/aromatic N) is 6. The predicted molar refractivity (Wildman–Crippen MR) is 106 cm³/mol.